The van der Waals surface area contributed by atoms with Crippen LogP contribution in [0.3, 0.4) is 0 Å². The van der Waals surface area contributed by atoms with Gasteiger partial charge in [0.25, 0.3) is 5.91 Å². The molecule has 0 spiro atoms. The number of amides is 1. The second kappa shape index (κ2) is 9.35. The minimum Gasteiger partial charge on any atom is -0.452 e. The van der Waals surface area contributed by atoms with E-state index in [0.29, 0.717) is 29.5 Å². The van der Waals surface area contributed by atoms with Gasteiger partial charge in [-0.1, -0.05) is 57.1 Å². The van der Waals surface area contributed by atoms with E-state index >= 15 is 0 Å². The highest BCUT2D eigenvalue weighted by Gasteiger charge is 2.24. The summed E-state index contributed by atoms with van der Waals surface area (Å²) in [6, 6.07) is 8.36. The fraction of sp³-hybridized carbons (Fsp3) is 0.476. The lowest BCUT2D eigenvalue weighted by atomic mass is 10.0. The van der Waals surface area contributed by atoms with E-state index in [1.807, 2.05) is 13.8 Å². The monoisotopic (exact) mass is 372 g/mol. The first-order valence-electron chi connectivity index (χ1n) is 9.28. The van der Waals surface area contributed by atoms with Crippen LogP contribution in [0.1, 0.15) is 72.5 Å². The molecule has 0 aliphatic heterocycles. The third-order valence-electron chi connectivity index (χ3n) is 4.33. The van der Waals surface area contributed by atoms with E-state index < -0.39 is 5.97 Å². The summed E-state index contributed by atoms with van der Waals surface area (Å²) in [6.45, 7) is 9.95. The standard InChI is InChI=1S/C21H28N2O4/c1-13(2)17-8-6-16(7-9-17)10-11-22-18(24)12-26-21(25)19-15(5)23-27-20(19)14(3)4/h6-9,13-14H,10-12H2,1-5H3,(H,22,24). The molecule has 1 amide bonds. The Morgan fingerprint density at radius 1 is 1.11 bits per heavy atom. The number of hydrogen-bond acceptors (Lipinski definition) is 5. The fourth-order valence-electron chi connectivity index (χ4n) is 2.70. The molecular formula is C21H28N2O4. The van der Waals surface area contributed by atoms with Crippen molar-refractivity contribution in [2.24, 2.45) is 0 Å². The minimum atomic E-state index is -0.586. The number of esters is 1. The lowest BCUT2D eigenvalue weighted by Crippen LogP contribution is -2.30. The Bertz CT molecular complexity index is 776. The average Bonchev–Trinajstić information content (AvgIpc) is 3.02. The molecule has 0 aliphatic carbocycles. The summed E-state index contributed by atoms with van der Waals surface area (Å²) < 4.78 is 10.3. The molecule has 0 fully saturated rings. The van der Waals surface area contributed by atoms with Gasteiger partial charge in [-0.2, -0.15) is 0 Å². The molecule has 0 atom stereocenters. The molecule has 6 nitrogen and oxygen atoms in total. The zero-order valence-corrected chi connectivity index (χ0v) is 16.7. The van der Waals surface area contributed by atoms with Crippen molar-refractivity contribution >= 4 is 11.9 Å². The Morgan fingerprint density at radius 3 is 2.37 bits per heavy atom. The van der Waals surface area contributed by atoms with Crippen LogP contribution in [0.15, 0.2) is 28.8 Å². The Labute approximate surface area is 160 Å². The fourth-order valence-corrected chi connectivity index (χ4v) is 2.70. The molecule has 27 heavy (non-hydrogen) atoms. The first-order valence-corrected chi connectivity index (χ1v) is 9.28. The SMILES string of the molecule is Cc1noc(C(C)C)c1C(=O)OCC(=O)NCCc1ccc(C(C)C)cc1. The summed E-state index contributed by atoms with van der Waals surface area (Å²) in [6.07, 6.45) is 0.723. The maximum atomic E-state index is 12.2. The molecule has 0 radical (unpaired) electrons. The molecule has 2 rings (SSSR count). The number of nitrogens with zero attached hydrogens (tertiary/aromatic N) is 1. The van der Waals surface area contributed by atoms with E-state index in [1.54, 1.807) is 6.92 Å². The van der Waals surface area contributed by atoms with Crippen molar-refractivity contribution in [3.8, 4) is 0 Å². The number of ether oxygens (including phenoxy) is 1. The molecule has 0 unspecified atom stereocenters. The van der Waals surface area contributed by atoms with E-state index in [4.69, 9.17) is 9.26 Å². The van der Waals surface area contributed by atoms with Crippen LogP contribution in [0.5, 0.6) is 0 Å². The van der Waals surface area contributed by atoms with Crippen LogP contribution in [-0.4, -0.2) is 30.2 Å². The normalized spacial score (nSPS) is 11.1. The molecule has 1 N–H and O–H groups in total. The van der Waals surface area contributed by atoms with Crippen molar-refractivity contribution in [3.05, 3.63) is 52.4 Å². The van der Waals surface area contributed by atoms with E-state index in [9.17, 15) is 9.59 Å². The summed E-state index contributed by atoms with van der Waals surface area (Å²) >= 11 is 0. The van der Waals surface area contributed by atoms with E-state index in [-0.39, 0.29) is 18.4 Å². The van der Waals surface area contributed by atoms with Crippen LogP contribution in [0.25, 0.3) is 0 Å². The van der Waals surface area contributed by atoms with Gasteiger partial charge in [0.15, 0.2) is 12.4 Å². The van der Waals surface area contributed by atoms with Gasteiger partial charge in [0.1, 0.15) is 5.56 Å². The second-order valence-electron chi connectivity index (χ2n) is 7.23. The van der Waals surface area contributed by atoms with Crippen LogP contribution in [0, 0.1) is 6.92 Å². The lowest BCUT2D eigenvalue weighted by Gasteiger charge is -2.09. The molecule has 2 aromatic rings. The van der Waals surface area contributed by atoms with Crippen LogP contribution < -0.4 is 5.32 Å². The van der Waals surface area contributed by atoms with Crippen LogP contribution in [-0.2, 0) is 16.0 Å². The van der Waals surface area contributed by atoms with Gasteiger partial charge in [-0.25, -0.2) is 4.79 Å². The van der Waals surface area contributed by atoms with Gasteiger partial charge in [-0.3, -0.25) is 4.79 Å². The summed E-state index contributed by atoms with van der Waals surface area (Å²) in [5.41, 5.74) is 3.22. The van der Waals surface area contributed by atoms with Gasteiger partial charge >= 0.3 is 5.97 Å². The number of rotatable bonds is 8. The molecular weight excluding hydrogens is 344 g/mol. The van der Waals surface area contributed by atoms with Gasteiger partial charge < -0.3 is 14.6 Å². The minimum absolute atomic E-state index is 0.00432. The zero-order valence-electron chi connectivity index (χ0n) is 16.7. The molecule has 0 saturated carbocycles. The maximum absolute atomic E-state index is 12.2. The summed E-state index contributed by atoms with van der Waals surface area (Å²) in [5, 5.41) is 6.58. The van der Waals surface area contributed by atoms with E-state index in [0.717, 1.165) is 12.0 Å². The van der Waals surface area contributed by atoms with Crippen LogP contribution in [0.4, 0.5) is 0 Å². The summed E-state index contributed by atoms with van der Waals surface area (Å²) in [4.78, 5) is 24.2. The van der Waals surface area contributed by atoms with Crippen LogP contribution in [0.2, 0.25) is 0 Å². The first-order chi connectivity index (χ1) is 12.8. The van der Waals surface area contributed by atoms with Crippen LogP contribution >= 0.6 is 0 Å². The number of nitrogens with one attached hydrogen (secondary N) is 1. The number of aromatic nitrogens is 1. The molecule has 6 heteroatoms. The predicted molar refractivity (Wildman–Crippen MR) is 103 cm³/mol. The summed E-state index contributed by atoms with van der Waals surface area (Å²) in [5.74, 6) is 0.0605. The Kier molecular flexibility index (Phi) is 7.16. The van der Waals surface area contributed by atoms with Crippen molar-refractivity contribution in [2.75, 3.05) is 13.2 Å². The smallest absolute Gasteiger partial charge is 0.344 e. The first kappa shape index (κ1) is 20.7. The Morgan fingerprint density at radius 2 is 1.78 bits per heavy atom. The molecule has 1 heterocycles. The Balaban J connectivity index is 1.78. The van der Waals surface area contributed by atoms with Gasteiger partial charge in [0.05, 0.1) is 5.69 Å². The third-order valence-corrected chi connectivity index (χ3v) is 4.33. The van der Waals surface area contributed by atoms with Crippen molar-refractivity contribution in [3.63, 3.8) is 0 Å². The highest BCUT2D eigenvalue weighted by molar-refractivity contribution is 5.93. The van der Waals surface area contributed by atoms with E-state index in [2.05, 4.69) is 48.6 Å². The highest BCUT2D eigenvalue weighted by atomic mass is 16.5. The third kappa shape index (κ3) is 5.67. The molecule has 1 aromatic carbocycles. The van der Waals surface area contributed by atoms with Crippen molar-refractivity contribution < 1.29 is 18.8 Å². The number of aryl methyl sites for hydroxylation is 1. The quantitative estimate of drug-likeness (QED) is 0.714. The Hall–Kier alpha value is -2.63. The number of benzene rings is 1. The molecule has 0 bridgehead atoms. The second-order valence-corrected chi connectivity index (χ2v) is 7.23. The highest BCUT2D eigenvalue weighted by Crippen LogP contribution is 2.22. The largest absolute Gasteiger partial charge is 0.452 e. The van der Waals surface area contributed by atoms with Crippen molar-refractivity contribution in [2.45, 2.75) is 52.9 Å². The van der Waals surface area contributed by atoms with Gasteiger partial charge in [0, 0.05) is 12.5 Å². The summed E-state index contributed by atoms with van der Waals surface area (Å²) in [7, 11) is 0. The van der Waals surface area contributed by atoms with E-state index in [1.165, 1.54) is 5.56 Å². The zero-order chi connectivity index (χ0) is 20.0. The molecule has 0 aliphatic rings. The molecule has 146 valence electrons. The average molecular weight is 372 g/mol. The van der Waals surface area contributed by atoms with Crippen molar-refractivity contribution in [1.82, 2.24) is 10.5 Å². The lowest BCUT2D eigenvalue weighted by molar-refractivity contribution is -0.124. The predicted octanol–water partition coefficient (Wildman–Crippen LogP) is 3.75. The molecule has 1 aromatic heterocycles. The number of carbonyl (C=O) groups excluding carboxylic acids is 2. The van der Waals surface area contributed by atoms with Crippen molar-refractivity contribution in [1.29, 1.82) is 0 Å². The van der Waals surface area contributed by atoms with Gasteiger partial charge in [-0.05, 0) is 30.4 Å². The molecule has 0 saturated heterocycles. The number of hydrogen-bond donors (Lipinski definition) is 1. The topological polar surface area (TPSA) is 81.4 Å². The van der Waals surface area contributed by atoms with Gasteiger partial charge in [0.2, 0.25) is 0 Å². The number of carbonyl (C=O) groups is 2. The maximum Gasteiger partial charge on any atom is 0.344 e. The van der Waals surface area contributed by atoms with Gasteiger partial charge in [-0.15, -0.1) is 0 Å².